The van der Waals surface area contributed by atoms with Crippen LogP contribution in [0.15, 0.2) is 24.8 Å². The van der Waals surface area contributed by atoms with Crippen molar-refractivity contribution < 1.29 is 4.74 Å². The van der Waals surface area contributed by atoms with Gasteiger partial charge in [-0.2, -0.15) is 0 Å². The van der Waals surface area contributed by atoms with Gasteiger partial charge in [0.2, 0.25) is 0 Å². The Morgan fingerprint density at radius 1 is 1.47 bits per heavy atom. The lowest BCUT2D eigenvalue weighted by molar-refractivity contribution is 0.253. The third-order valence-corrected chi connectivity index (χ3v) is 3.30. The summed E-state index contributed by atoms with van der Waals surface area (Å²) in [6, 6.07) is 3.90. The second-order valence-corrected chi connectivity index (χ2v) is 4.87. The Morgan fingerprint density at radius 3 is 3.06 bits per heavy atom. The third-order valence-electron chi connectivity index (χ3n) is 2.80. The van der Waals surface area contributed by atoms with E-state index in [-0.39, 0.29) is 6.04 Å². The minimum atomic E-state index is 0.259. The summed E-state index contributed by atoms with van der Waals surface area (Å²) >= 11 is 12.1. The second-order valence-electron chi connectivity index (χ2n) is 4.03. The van der Waals surface area contributed by atoms with E-state index in [0.717, 1.165) is 30.7 Å². The van der Waals surface area contributed by atoms with E-state index in [4.69, 9.17) is 27.9 Å². The van der Waals surface area contributed by atoms with Crippen molar-refractivity contribution in [3.05, 3.63) is 40.4 Å². The Balaban J connectivity index is 2.21. The van der Waals surface area contributed by atoms with Gasteiger partial charge in [-0.15, -0.1) is 6.58 Å². The molecule has 92 valence electrons. The topological polar surface area (TPSA) is 21.3 Å². The van der Waals surface area contributed by atoms with Crippen molar-refractivity contribution in [2.24, 2.45) is 0 Å². The van der Waals surface area contributed by atoms with Gasteiger partial charge in [0, 0.05) is 23.0 Å². The van der Waals surface area contributed by atoms with Gasteiger partial charge in [0.05, 0.1) is 11.6 Å². The molecule has 0 fully saturated rings. The van der Waals surface area contributed by atoms with Gasteiger partial charge in [0.15, 0.2) is 0 Å². The molecule has 1 aliphatic heterocycles. The summed E-state index contributed by atoms with van der Waals surface area (Å²) in [6.07, 6.45) is 3.78. The number of halogens is 2. The molecule has 1 aromatic carbocycles. The maximum Gasteiger partial charge on any atom is 0.142 e. The Labute approximate surface area is 112 Å². The summed E-state index contributed by atoms with van der Waals surface area (Å²) in [4.78, 5) is 0. The minimum Gasteiger partial charge on any atom is -0.492 e. The number of benzene rings is 1. The maximum atomic E-state index is 6.12. The normalized spacial score (nSPS) is 18.4. The molecular formula is C13H15Cl2NO. The standard InChI is InChI=1S/C13H15Cl2NO/c1-2-3-5-16-12-4-6-17-13-10(12)7-9(14)8-11(13)15/h2,7-8,12,16H,1,3-6H2. The second kappa shape index (κ2) is 5.76. The predicted molar refractivity (Wildman–Crippen MR) is 72.1 cm³/mol. The van der Waals surface area contributed by atoms with Crippen LogP contribution in [0.25, 0.3) is 0 Å². The van der Waals surface area contributed by atoms with Crippen molar-refractivity contribution >= 4 is 23.2 Å². The van der Waals surface area contributed by atoms with Crippen molar-refractivity contribution in [3.63, 3.8) is 0 Å². The molecule has 0 aromatic heterocycles. The highest BCUT2D eigenvalue weighted by Gasteiger charge is 2.23. The fraction of sp³-hybridized carbons (Fsp3) is 0.385. The van der Waals surface area contributed by atoms with Crippen LogP contribution in [0.2, 0.25) is 10.0 Å². The van der Waals surface area contributed by atoms with E-state index < -0.39 is 0 Å². The molecule has 0 aliphatic carbocycles. The molecule has 0 bridgehead atoms. The van der Waals surface area contributed by atoms with Gasteiger partial charge in [0.1, 0.15) is 5.75 Å². The molecule has 1 atom stereocenters. The number of fused-ring (bicyclic) bond motifs is 1. The molecule has 1 aliphatic rings. The van der Waals surface area contributed by atoms with Crippen LogP contribution in [0.1, 0.15) is 24.4 Å². The van der Waals surface area contributed by atoms with E-state index in [2.05, 4.69) is 11.9 Å². The zero-order chi connectivity index (χ0) is 12.3. The number of hydrogen-bond donors (Lipinski definition) is 1. The van der Waals surface area contributed by atoms with Crippen LogP contribution in [0, 0.1) is 0 Å². The number of ether oxygens (including phenoxy) is 1. The Hall–Kier alpha value is -0.700. The molecule has 0 amide bonds. The Morgan fingerprint density at radius 2 is 2.29 bits per heavy atom. The zero-order valence-electron chi connectivity index (χ0n) is 9.51. The molecule has 0 saturated carbocycles. The van der Waals surface area contributed by atoms with Crippen molar-refractivity contribution in [1.82, 2.24) is 5.32 Å². The first-order valence-corrected chi connectivity index (χ1v) is 6.44. The summed E-state index contributed by atoms with van der Waals surface area (Å²) in [7, 11) is 0. The van der Waals surface area contributed by atoms with Crippen LogP contribution in [-0.4, -0.2) is 13.2 Å². The first-order valence-electron chi connectivity index (χ1n) is 5.68. The molecule has 1 unspecified atom stereocenters. The average Bonchev–Trinajstić information content (AvgIpc) is 2.30. The fourth-order valence-corrected chi connectivity index (χ4v) is 2.56. The SMILES string of the molecule is C=CCCNC1CCOc2c(Cl)cc(Cl)cc21. The number of nitrogens with one attached hydrogen (secondary N) is 1. The summed E-state index contributed by atoms with van der Waals surface area (Å²) in [5, 5.41) is 4.70. The molecule has 1 heterocycles. The lowest BCUT2D eigenvalue weighted by Crippen LogP contribution is -2.27. The van der Waals surface area contributed by atoms with E-state index in [0.29, 0.717) is 16.7 Å². The average molecular weight is 272 g/mol. The molecular weight excluding hydrogens is 257 g/mol. The highest BCUT2D eigenvalue weighted by Crippen LogP contribution is 2.39. The van der Waals surface area contributed by atoms with Gasteiger partial charge >= 0.3 is 0 Å². The van der Waals surface area contributed by atoms with Gasteiger partial charge < -0.3 is 10.1 Å². The Kier molecular flexibility index (Phi) is 4.32. The molecule has 2 nitrogen and oxygen atoms in total. The summed E-state index contributed by atoms with van der Waals surface area (Å²) in [5.74, 6) is 0.762. The molecule has 0 spiro atoms. The van der Waals surface area contributed by atoms with Crippen LogP contribution in [-0.2, 0) is 0 Å². The molecule has 2 rings (SSSR count). The first-order chi connectivity index (χ1) is 8.22. The molecule has 0 radical (unpaired) electrons. The van der Waals surface area contributed by atoms with Crippen molar-refractivity contribution in [2.45, 2.75) is 18.9 Å². The van der Waals surface area contributed by atoms with Gasteiger partial charge in [-0.25, -0.2) is 0 Å². The molecule has 4 heteroatoms. The molecule has 1 aromatic rings. The van der Waals surface area contributed by atoms with E-state index in [1.807, 2.05) is 12.1 Å². The van der Waals surface area contributed by atoms with E-state index in [1.165, 1.54) is 0 Å². The van der Waals surface area contributed by atoms with E-state index in [9.17, 15) is 0 Å². The maximum absolute atomic E-state index is 6.12. The highest BCUT2D eigenvalue weighted by atomic mass is 35.5. The smallest absolute Gasteiger partial charge is 0.142 e. The number of rotatable bonds is 4. The van der Waals surface area contributed by atoms with Crippen LogP contribution >= 0.6 is 23.2 Å². The quantitative estimate of drug-likeness (QED) is 0.661. The zero-order valence-corrected chi connectivity index (χ0v) is 11.0. The van der Waals surface area contributed by atoms with Crippen LogP contribution in [0.3, 0.4) is 0 Å². The summed E-state index contributed by atoms with van der Waals surface area (Å²) in [5.41, 5.74) is 1.05. The van der Waals surface area contributed by atoms with E-state index in [1.54, 1.807) is 6.07 Å². The van der Waals surface area contributed by atoms with E-state index >= 15 is 0 Å². The fourth-order valence-electron chi connectivity index (χ4n) is 2.00. The highest BCUT2D eigenvalue weighted by molar-refractivity contribution is 6.35. The first kappa shape index (κ1) is 12.7. The van der Waals surface area contributed by atoms with Crippen molar-refractivity contribution in [1.29, 1.82) is 0 Å². The summed E-state index contributed by atoms with van der Waals surface area (Å²) in [6.45, 7) is 5.29. The third kappa shape index (κ3) is 2.95. The monoisotopic (exact) mass is 271 g/mol. The minimum absolute atomic E-state index is 0.259. The lowest BCUT2D eigenvalue weighted by Gasteiger charge is -2.27. The van der Waals surface area contributed by atoms with Crippen LogP contribution < -0.4 is 10.1 Å². The van der Waals surface area contributed by atoms with Gasteiger partial charge in [-0.3, -0.25) is 0 Å². The largest absolute Gasteiger partial charge is 0.492 e. The number of hydrogen-bond acceptors (Lipinski definition) is 2. The van der Waals surface area contributed by atoms with Crippen LogP contribution in [0.4, 0.5) is 0 Å². The van der Waals surface area contributed by atoms with Gasteiger partial charge in [0.25, 0.3) is 0 Å². The summed E-state index contributed by atoms with van der Waals surface area (Å²) < 4.78 is 5.60. The van der Waals surface area contributed by atoms with Gasteiger partial charge in [-0.1, -0.05) is 29.3 Å². The lowest BCUT2D eigenvalue weighted by atomic mass is 10.0. The molecule has 17 heavy (non-hydrogen) atoms. The molecule has 1 N–H and O–H groups in total. The van der Waals surface area contributed by atoms with Crippen molar-refractivity contribution in [3.8, 4) is 5.75 Å². The van der Waals surface area contributed by atoms with Crippen LogP contribution in [0.5, 0.6) is 5.75 Å². The van der Waals surface area contributed by atoms with Crippen molar-refractivity contribution in [2.75, 3.05) is 13.2 Å². The Bertz CT molecular complexity index is 420. The van der Waals surface area contributed by atoms with Gasteiger partial charge in [-0.05, 0) is 25.1 Å². The molecule has 0 saturated heterocycles. The predicted octanol–water partition coefficient (Wildman–Crippen LogP) is 3.98.